The molecule has 1 aromatic carbocycles. The third kappa shape index (κ3) is 3.62. The maximum absolute atomic E-state index is 5.49. The minimum Gasteiger partial charge on any atom is -0.496 e. The summed E-state index contributed by atoms with van der Waals surface area (Å²) in [5, 5.41) is 0. The second-order valence-corrected chi connectivity index (χ2v) is 6.47. The average molecular weight is 304 g/mol. The van der Waals surface area contributed by atoms with Gasteiger partial charge in [0, 0.05) is 57.0 Å². The summed E-state index contributed by atoms with van der Waals surface area (Å²) in [6.45, 7) is 8.66. The molecule has 3 rings (SSSR count). The molecule has 0 N–H and O–H groups in total. The predicted molar refractivity (Wildman–Crippen MR) is 88.3 cm³/mol. The number of hydrogen-bond acceptors (Lipinski definition) is 4. The highest BCUT2D eigenvalue weighted by Crippen LogP contribution is 2.24. The van der Waals surface area contributed by atoms with Crippen LogP contribution in [0, 0.1) is 0 Å². The van der Waals surface area contributed by atoms with Crippen molar-refractivity contribution in [2.45, 2.75) is 38.4 Å². The Morgan fingerprint density at radius 2 is 1.95 bits per heavy atom. The summed E-state index contributed by atoms with van der Waals surface area (Å²) < 4.78 is 11.0. The molecule has 2 aliphatic rings. The summed E-state index contributed by atoms with van der Waals surface area (Å²) in [6, 6.07) is 9.68. The van der Waals surface area contributed by atoms with Gasteiger partial charge in [0.15, 0.2) is 0 Å². The molecule has 0 aliphatic carbocycles. The van der Waals surface area contributed by atoms with Gasteiger partial charge in [-0.3, -0.25) is 9.80 Å². The standard InChI is InChI=1S/C18H28N2O2/c1-15-13-20(17-7-11-22-12-8-17)10-9-19(15)14-16-5-3-4-6-18(16)21-2/h3-6,15,17H,7-14H2,1-2H3/t15-/m0/s1. The Bertz CT molecular complexity index is 474. The van der Waals surface area contributed by atoms with Gasteiger partial charge >= 0.3 is 0 Å². The summed E-state index contributed by atoms with van der Waals surface area (Å²) in [7, 11) is 1.76. The van der Waals surface area contributed by atoms with Crippen molar-refractivity contribution >= 4 is 0 Å². The number of benzene rings is 1. The fourth-order valence-electron chi connectivity index (χ4n) is 3.69. The summed E-state index contributed by atoms with van der Waals surface area (Å²) in [6.07, 6.45) is 2.39. The smallest absolute Gasteiger partial charge is 0.123 e. The molecular formula is C18H28N2O2. The van der Waals surface area contributed by atoms with Crippen LogP contribution in [0.4, 0.5) is 0 Å². The fourth-order valence-corrected chi connectivity index (χ4v) is 3.69. The molecular weight excluding hydrogens is 276 g/mol. The maximum Gasteiger partial charge on any atom is 0.123 e. The highest BCUT2D eigenvalue weighted by atomic mass is 16.5. The van der Waals surface area contributed by atoms with E-state index < -0.39 is 0 Å². The summed E-state index contributed by atoms with van der Waals surface area (Å²) in [4.78, 5) is 5.25. The van der Waals surface area contributed by atoms with E-state index in [1.807, 2.05) is 6.07 Å². The SMILES string of the molecule is COc1ccccc1CN1CCN(C2CCOCC2)C[C@@H]1C. The molecule has 0 aromatic heterocycles. The number of rotatable bonds is 4. The molecule has 0 amide bonds. The van der Waals surface area contributed by atoms with Crippen molar-refractivity contribution in [3.05, 3.63) is 29.8 Å². The second-order valence-electron chi connectivity index (χ2n) is 6.47. The van der Waals surface area contributed by atoms with Crippen LogP contribution in [0.1, 0.15) is 25.3 Å². The molecule has 2 aliphatic heterocycles. The highest BCUT2D eigenvalue weighted by Gasteiger charge is 2.29. The predicted octanol–water partition coefficient (Wildman–Crippen LogP) is 2.38. The lowest BCUT2D eigenvalue weighted by Crippen LogP contribution is -2.55. The minimum atomic E-state index is 0.585. The Balaban J connectivity index is 1.58. The number of nitrogens with zero attached hydrogens (tertiary/aromatic N) is 2. The van der Waals surface area contributed by atoms with Crippen molar-refractivity contribution in [1.29, 1.82) is 0 Å². The van der Waals surface area contributed by atoms with E-state index in [1.165, 1.54) is 31.5 Å². The van der Waals surface area contributed by atoms with E-state index in [1.54, 1.807) is 7.11 Å². The maximum atomic E-state index is 5.49. The highest BCUT2D eigenvalue weighted by molar-refractivity contribution is 5.33. The van der Waals surface area contributed by atoms with Gasteiger partial charge in [-0.2, -0.15) is 0 Å². The van der Waals surface area contributed by atoms with Gasteiger partial charge < -0.3 is 9.47 Å². The van der Waals surface area contributed by atoms with Crippen LogP contribution in [-0.2, 0) is 11.3 Å². The summed E-state index contributed by atoms with van der Waals surface area (Å²) in [5.74, 6) is 1.00. The lowest BCUT2D eigenvalue weighted by atomic mass is 10.0. The van der Waals surface area contributed by atoms with E-state index in [9.17, 15) is 0 Å². The summed E-state index contributed by atoms with van der Waals surface area (Å²) in [5.41, 5.74) is 1.29. The topological polar surface area (TPSA) is 24.9 Å². The molecule has 122 valence electrons. The molecule has 0 saturated carbocycles. The molecule has 4 nitrogen and oxygen atoms in total. The molecule has 0 radical (unpaired) electrons. The van der Waals surface area contributed by atoms with Gasteiger partial charge in [-0.05, 0) is 25.8 Å². The molecule has 4 heteroatoms. The van der Waals surface area contributed by atoms with Crippen LogP contribution >= 0.6 is 0 Å². The quantitative estimate of drug-likeness (QED) is 0.853. The van der Waals surface area contributed by atoms with E-state index in [0.717, 1.165) is 38.1 Å². The monoisotopic (exact) mass is 304 g/mol. The Morgan fingerprint density at radius 3 is 2.68 bits per heavy atom. The third-order valence-electron chi connectivity index (χ3n) is 5.07. The van der Waals surface area contributed by atoms with Crippen molar-refractivity contribution in [3.8, 4) is 5.75 Å². The van der Waals surface area contributed by atoms with E-state index in [4.69, 9.17) is 9.47 Å². The van der Waals surface area contributed by atoms with Gasteiger partial charge in [0.2, 0.25) is 0 Å². The van der Waals surface area contributed by atoms with Crippen LogP contribution in [0.3, 0.4) is 0 Å². The Hall–Kier alpha value is -1.10. The molecule has 2 fully saturated rings. The average Bonchev–Trinajstić information content (AvgIpc) is 2.58. The molecule has 0 spiro atoms. The zero-order valence-corrected chi connectivity index (χ0v) is 13.8. The third-order valence-corrected chi connectivity index (χ3v) is 5.07. The largest absolute Gasteiger partial charge is 0.496 e. The second kappa shape index (κ2) is 7.44. The van der Waals surface area contributed by atoms with Gasteiger partial charge in [-0.25, -0.2) is 0 Å². The molecule has 0 unspecified atom stereocenters. The van der Waals surface area contributed by atoms with Crippen molar-refractivity contribution in [2.75, 3.05) is 40.0 Å². The van der Waals surface area contributed by atoms with Crippen molar-refractivity contribution in [1.82, 2.24) is 9.80 Å². The van der Waals surface area contributed by atoms with E-state index >= 15 is 0 Å². The number of para-hydroxylation sites is 1. The Labute approximate surface area is 134 Å². The van der Waals surface area contributed by atoms with E-state index in [0.29, 0.717) is 6.04 Å². The van der Waals surface area contributed by atoms with Gasteiger partial charge in [-0.1, -0.05) is 18.2 Å². The number of hydrogen-bond donors (Lipinski definition) is 0. The molecule has 0 bridgehead atoms. The first-order chi connectivity index (χ1) is 10.8. The fraction of sp³-hybridized carbons (Fsp3) is 0.667. The molecule has 1 atom stereocenters. The number of methoxy groups -OCH3 is 1. The van der Waals surface area contributed by atoms with Crippen LogP contribution in [0.15, 0.2) is 24.3 Å². The normalized spacial score (nSPS) is 25.3. The molecule has 1 aromatic rings. The van der Waals surface area contributed by atoms with Crippen LogP contribution in [-0.4, -0.2) is 61.8 Å². The minimum absolute atomic E-state index is 0.585. The van der Waals surface area contributed by atoms with Crippen molar-refractivity contribution in [2.24, 2.45) is 0 Å². The van der Waals surface area contributed by atoms with Crippen molar-refractivity contribution in [3.63, 3.8) is 0 Å². The zero-order valence-electron chi connectivity index (χ0n) is 13.8. The first kappa shape index (κ1) is 15.8. The van der Waals surface area contributed by atoms with Crippen LogP contribution < -0.4 is 4.74 Å². The zero-order chi connectivity index (χ0) is 15.4. The summed E-state index contributed by atoms with van der Waals surface area (Å²) >= 11 is 0. The Morgan fingerprint density at radius 1 is 1.18 bits per heavy atom. The lowest BCUT2D eigenvalue weighted by molar-refractivity contribution is -0.00353. The van der Waals surface area contributed by atoms with Gasteiger partial charge in [0.05, 0.1) is 7.11 Å². The van der Waals surface area contributed by atoms with Crippen LogP contribution in [0.25, 0.3) is 0 Å². The lowest BCUT2D eigenvalue weighted by Gasteiger charge is -2.44. The van der Waals surface area contributed by atoms with Gasteiger partial charge in [-0.15, -0.1) is 0 Å². The first-order valence-corrected chi connectivity index (χ1v) is 8.45. The van der Waals surface area contributed by atoms with Gasteiger partial charge in [0.1, 0.15) is 5.75 Å². The first-order valence-electron chi connectivity index (χ1n) is 8.45. The Kier molecular flexibility index (Phi) is 5.34. The number of piperazine rings is 1. The van der Waals surface area contributed by atoms with Crippen molar-refractivity contribution < 1.29 is 9.47 Å². The van der Waals surface area contributed by atoms with Gasteiger partial charge in [0.25, 0.3) is 0 Å². The molecule has 22 heavy (non-hydrogen) atoms. The number of ether oxygens (including phenoxy) is 2. The molecule has 2 saturated heterocycles. The van der Waals surface area contributed by atoms with E-state index in [2.05, 4.69) is 34.9 Å². The molecule has 2 heterocycles. The van der Waals surface area contributed by atoms with E-state index in [-0.39, 0.29) is 0 Å². The van der Waals surface area contributed by atoms with Crippen LogP contribution in [0.5, 0.6) is 5.75 Å². The van der Waals surface area contributed by atoms with Crippen LogP contribution in [0.2, 0.25) is 0 Å².